The van der Waals surface area contributed by atoms with Gasteiger partial charge in [-0.3, -0.25) is 0 Å². The number of aliphatic hydroxyl groups is 2. The Labute approximate surface area is 63.3 Å². The van der Waals surface area contributed by atoms with E-state index in [0.717, 1.165) is 0 Å². The summed E-state index contributed by atoms with van der Waals surface area (Å²) in [6.45, 7) is 0.551. The number of nitrogens with zero attached hydrogens (tertiary/aromatic N) is 3. The van der Waals surface area contributed by atoms with Crippen molar-refractivity contribution in [1.29, 1.82) is 0 Å². The van der Waals surface area contributed by atoms with Crippen LogP contribution < -0.4 is 0 Å². The molecule has 2 N–H and O–H groups in total. The molecule has 1 aliphatic heterocycles. The molecule has 11 heavy (non-hydrogen) atoms. The Morgan fingerprint density at radius 3 is 3.18 bits per heavy atom. The van der Waals surface area contributed by atoms with Gasteiger partial charge in [-0.1, -0.05) is 5.21 Å². The van der Waals surface area contributed by atoms with E-state index in [-0.39, 0.29) is 6.61 Å². The second kappa shape index (κ2) is 2.28. The number of fused-ring (bicyclic) bond motifs is 1. The molecule has 0 amide bonds. The minimum absolute atomic E-state index is 0.146. The van der Waals surface area contributed by atoms with Gasteiger partial charge in [-0.25, -0.2) is 4.68 Å². The van der Waals surface area contributed by atoms with E-state index < -0.39 is 6.10 Å². The average Bonchev–Trinajstić information content (AvgIpc) is 2.54. The quantitative estimate of drug-likeness (QED) is 0.557. The lowest BCUT2D eigenvalue weighted by atomic mass is 10.2. The van der Waals surface area contributed by atoms with Crippen LogP contribution >= 0.6 is 0 Å². The van der Waals surface area contributed by atoms with E-state index in [1.807, 2.05) is 0 Å². The van der Waals surface area contributed by atoms with E-state index in [4.69, 9.17) is 5.11 Å². The van der Waals surface area contributed by atoms with Crippen molar-refractivity contribution in [2.75, 3.05) is 0 Å². The van der Waals surface area contributed by atoms with E-state index in [0.29, 0.717) is 24.4 Å². The highest BCUT2D eigenvalue weighted by Gasteiger charge is 2.25. The summed E-state index contributed by atoms with van der Waals surface area (Å²) >= 11 is 0. The van der Waals surface area contributed by atoms with Gasteiger partial charge in [-0.15, -0.1) is 5.10 Å². The first-order chi connectivity index (χ1) is 5.33. The normalized spacial score (nSPS) is 22.2. The van der Waals surface area contributed by atoms with E-state index >= 15 is 0 Å². The zero-order valence-electron chi connectivity index (χ0n) is 5.93. The first-order valence-corrected chi connectivity index (χ1v) is 3.54. The fourth-order valence-corrected chi connectivity index (χ4v) is 1.38. The van der Waals surface area contributed by atoms with Crippen LogP contribution in [0.1, 0.15) is 23.9 Å². The zero-order chi connectivity index (χ0) is 7.84. The van der Waals surface area contributed by atoms with Crippen molar-refractivity contribution < 1.29 is 10.2 Å². The monoisotopic (exact) mass is 155 g/mol. The summed E-state index contributed by atoms with van der Waals surface area (Å²) in [5.41, 5.74) is 1.17. The van der Waals surface area contributed by atoms with Crippen molar-refractivity contribution in [3.8, 4) is 0 Å². The van der Waals surface area contributed by atoms with Gasteiger partial charge < -0.3 is 10.2 Å². The molecule has 1 aromatic rings. The Morgan fingerprint density at radius 2 is 2.45 bits per heavy atom. The van der Waals surface area contributed by atoms with Crippen LogP contribution in [0, 0.1) is 0 Å². The maximum atomic E-state index is 9.37. The molecular weight excluding hydrogens is 146 g/mol. The summed E-state index contributed by atoms with van der Waals surface area (Å²) in [5, 5.41) is 25.6. The molecule has 0 aliphatic carbocycles. The van der Waals surface area contributed by atoms with Gasteiger partial charge in [0.15, 0.2) is 0 Å². The van der Waals surface area contributed by atoms with Gasteiger partial charge >= 0.3 is 0 Å². The number of aromatic nitrogens is 3. The van der Waals surface area contributed by atoms with Crippen molar-refractivity contribution in [2.24, 2.45) is 0 Å². The molecule has 1 aromatic heterocycles. The number of hydrogen-bond acceptors (Lipinski definition) is 4. The molecule has 2 rings (SSSR count). The predicted octanol–water partition coefficient (Wildman–Crippen LogP) is -0.793. The van der Waals surface area contributed by atoms with E-state index in [2.05, 4.69) is 10.3 Å². The minimum Gasteiger partial charge on any atom is -0.390 e. The van der Waals surface area contributed by atoms with Crippen LogP contribution in [0.3, 0.4) is 0 Å². The molecular formula is C6H9N3O2. The van der Waals surface area contributed by atoms with Gasteiger partial charge in [0.1, 0.15) is 5.69 Å². The maximum Gasteiger partial charge on any atom is 0.114 e. The van der Waals surface area contributed by atoms with Crippen LogP contribution in [0.2, 0.25) is 0 Å². The van der Waals surface area contributed by atoms with Crippen molar-refractivity contribution in [3.05, 3.63) is 11.4 Å². The second-order valence-electron chi connectivity index (χ2n) is 2.61. The molecule has 5 nitrogen and oxygen atoms in total. The number of hydrogen-bond donors (Lipinski definition) is 2. The third kappa shape index (κ3) is 0.849. The molecule has 1 atom stereocenters. The lowest BCUT2D eigenvalue weighted by Crippen LogP contribution is -1.97. The average molecular weight is 155 g/mol. The summed E-state index contributed by atoms with van der Waals surface area (Å²) < 4.78 is 1.64. The molecule has 1 unspecified atom stereocenters. The first kappa shape index (κ1) is 6.75. The van der Waals surface area contributed by atoms with Gasteiger partial charge in [0, 0.05) is 6.54 Å². The van der Waals surface area contributed by atoms with Gasteiger partial charge in [0.25, 0.3) is 0 Å². The van der Waals surface area contributed by atoms with Gasteiger partial charge in [-0.05, 0) is 6.42 Å². The van der Waals surface area contributed by atoms with E-state index in [1.54, 1.807) is 4.68 Å². The molecule has 0 fully saturated rings. The second-order valence-corrected chi connectivity index (χ2v) is 2.61. The van der Waals surface area contributed by atoms with Crippen LogP contribution in [0.4, 0.5) is 0 Å². The molecule has 1 aliphatic rings. The van der Waals surface area contributed by atoms with E-state index in [1.165, 1.54) is 0 Å². The molecule has 60 valence electrons. The zero-order valence-corrected chi connectivity index (χ0v) is 5.93. The Morgan fingerprint density at radius 1 is 1.64 bits per heavy atom. The SMILES string of the molecule is OCc1nnn2c1C(O)CC2. The third-order valence-corrected chi connectivity index (χ3v) is 1.93. The number of aryl methyl sites for hydroxylation is 1. The summed E-state index contributed by atoms with van der Waals surface area (Å²) in [5.74, 6) is 0. The molecule has 0 saturated heterocycles. The fraction of sp³-hybridized carbons (Fsp3) is 0.667. The van der Waals surface area contributed by atoms with Crippen LogP contribution in [-0.2, 0) is 13.2 Å². The Kier molecular flexibility index (Phi) is 1.40. The summed E-state index contributed by atoms with van der Waals surface area (Å²) in [6.07, 6.45) is 0.185. The van der Waals surface area contributed by atoms with Crippen LogP contribution in [0.15, 0.2) is 0 Å². The van der Waals surface area contributed by atoms with Crippen molar-refractivity contribution in [3.63, 3.8) is 0 Å². The Bertz CT molecular complexity index is 271. The Hall–Kier alpha value is -0.940. The van der Waals surface area contributed by atoms with Gasteiger partial charge in [0.2, 0.25) is 0 Å². The highest BCUT2D eigenvalue weighted by atomic mass is 16.3. The molecule has 0 spiro atoms. The molecule has 5 heteroatoms. The molecule has 0 bridgehead atoms. The lowest BCUT2D eigenvalue weighted by molar-refractivity contribution is 0.175. The maximum absolute atomic E-state index is 9.37. The highest BCUT2D eigenvalue weighted by molar-refractivity contribution is 5.14. The smallest absolute Gasteiger partial charge is 0.114 e. The van der Waals surface area contributed by atoms with Gasteiger partial charge in [-0.2, -0.15) is 0 Å². The first-order valence-electron chi connectivity index (χ1n) is 3.54. The largest absolute Gasteiger partial charge is 0.390 e. The topological polar surface area (TPSA) is 71.2 Å². The third-order valence-electron chi connectivity index (χ3n) is 1.93. The molecule has 0 saturated carbocycles. The van der Waals surface area contributed by atoms with E-state index in [9.17, 15) is 5.11 Å². The number of rotatable bonds is 1. The molecule has 0 radical (unpaired) electrons. The fourth-order valence-electron chi connectivity index (χ4n) is 1.38. The summed E-state index contributed by atoms with van der Waals surface area (Å²) in [7, 11) is 0. The predicted molar refractivity (Wildman–Crippen MR) is 35.5 cm³/mol. The van der Waals surface area contributed by atoms with Crippen LogP contribution in [0.5, 0.6) is 0 Å². The van der Waals surface area contributed by atoms with Crippen molar-refractivity contribution >= 4 is 0 Å². The van der Waals surface area contributed by atoms with Crippen LogP contribution in [0.25, 0.3) is 0 Å². The highest BCUT2D eigenvalue weighted by Crippen LogP contribution is 2.26. The standard InChI is InChI=1S/C6H9N3O2/c10-3-4-6-5(11)1-2-9(6)8-7-4/h5,10-11H,1-3H2. The van der Waals surface area contributed by atoms with Crippen molar-refractivity contribution in [2.45, 2.75) is 25.7 Å². The molecule has 2 heterocycles. The minimum atomic E-state index is -0.493. The van der Waals surface area contributed by atoms with Crippen LogP contribution in [-0.4, -0.2) is 25.2 Å². The Balaban J connectivity index is 2.46. The van der Waals surface area contributed by atoms with Crippen molar-refractivity contribution in [1.82, 2.24) is 15.0 Å². The molecule has 0 aromatic carbocycles. The number of aliphatic hydroxyl groups excluding tert-OH is 2. The lowest BCUT2D eigenvalue weighted by Gasteiger charge is -1.98. The summed E-state index contributed by atoms with van der Waals surface area (Å²) in [6, 6.07) is 0. The van der Waals surface area contributed by atoms with Gasteiger partial charge in [0.05, 0.1) is 18.4 Å². The summed E-state index contributed by atoms with van der Waals surface area (Å²) in [4.78, 5) is 0.